The third-order valence-electron chi connectivity index (χ3n) is 8.97. The van der Waals surface area contributed by atoms with Crippen LogP contribution in [0.3, 0.4) is 0 Å². The molecule has 3 aromatic carbocycles. The molecule has 0 bridgehead atoms. The first-order valence-corrected chi connectivity index (χ1v) is 18.7. The van der Waals surface area contributed by atoms with E-state index in [-0.39, 0.29) is 53.8 Å². The van der Waals surface area contributed by atoms with E-state index in [9.17, 15) is 32.7 Å². The zero-order chi connectivity index (χ0) is 37.3. The van der Waals surface area contributed by atoms with E-state index in [1.807, 2.05) is 17.0 Å². The van der Waals surface area contributed by atoms with Gasteiger partial charge in [0.15, 0.2) is 11.5 Å². The molecular weight excluding hydrogens is 691 g/mol. The SMILES string of the molecule is CC(=O)Oc1ccc(CC(=O)NCCN(C(=O)[C@H](CC(=O)NC[C@@H]2CCCN(C=NN)C2)NS(=O)(=O)c2ccc3ccccc3c2)C2CC2)cc1O. The number of nitrogens with one attached hydrogen (secondary N) is 3. The maximum absolute atomic E-state index is 14.1. The van der Waals surface area contributed by atoms with Crippen molar-refractivity contribution in [2.75, 3.05) is 32.7 Å². The summed E-state index contributed by atoms with van der Waals surface area (Å²) in [5.41, 5.74) is 0.476. The van der Waals surface area contributed by atoms with Crippen LogP contribution in [0, 0.1) is 5.92 Å². The highest BCUT2D eigenvalue weighted by Gasteiger charge is 2.38. The Morgan fingerprint density at radius 1 is 1.04 bits per heavy atom. The lowest BCUT2D eigenvalue weighted by molar-refractivity contribution is -0.136. The van der Waals surface area contributed by atoms with Gasteiger partial charge in [-0.3, -0.25) is 19.2 Å². The van der Waals surface area contributed by atoms with Gasteiger partial charge in [-0.15, -0.1) is 0 Å². The third kappa shape index (κ3) is 10.6. The van der Waals surface area contributed by atoms with Gasteiger partial charge in [0.05, 0.1) is 17.7 Å². The first-order valence-electron chi connectivity index (χ1n) is 17.2. The van der Waals surface area contributed by atoms with Crippen LogP contribution in [0.15, 0.2) is 70.7 Å². The molecule has 0 radical (unpaired) electrons. The van der Waals surface area contributed by atoms with Gasteiger partial charge in [-0.25, -0.2) is 8.42 Å². The number of esters is 1. The number of carbonyl (C=O) groups excluding carboxylic acids is 4. The fraction of sp³-hybridized carbons (Fsp3) is 0.417. The minimum Gasteiger partial charge on any atom is -0.504 e. The molecule has 1 aliphatic heterocycles. The molecule has 3 aromatic rings. The van der Waals surface area contributed by atoms with Crippen molar-refractivity contribution in [2.45, 2.75) is 62.4 Å². The summed E-state index contributed by atoms with van der Waals surface area (Å²) in [5, 5.41) is 20.9. The molecule has 278 valence electrons. The number of likely N-dealkylation sites (tertiary alicyclic amines) is 1. The minimum absolute atomic E-state index is 0.0205. The fourth-order valence-electron chi connectivity index (χ4n) is 6.28. The topological polar surface area (TPSA) is 213 Å². The molecule has 0 unspecified atom stereocenters. The van der Waals surface area contributed by atoms with Crippen molar-refractivity contribution < 1.29 is 37.4 Å². The first kappa shape index (κ1) is 38.0. The lowest BCUT2D eigenvalue weighted by Gasteiger charge is -2.31. The molecule has 2 aliphatic rings. The summed E-state index contributed by atoms with van der Waals surface area (Å²) >= 11 is 0. The zero-order valence-corrected chi connectivity index (χ0v) is 29.8. The summed E-state index contributed by atoms with van der Waals surface area (Å²) in [6.07, 6.45) is 4.24. The molecule has 1 saturated heterocycles. The van der Waals surface area contributed by atoms with Gasteiger partial charge in [-0.05, 0) is 72.2 Å². The number of amides is 3. The van der Waals surface area contributed by atoms with E-state index in [0.29, 0.717) is 36.9 Å². The van der Waals surface area contributed by atoms with Crippen LogP contribution in [-0.4, -0.2) is 98.2 Å². The van der Waals surface area contributed by atoms with Crippen molar-refractivity contribution in [1.29, 1.82) is 0 Å². The monoisotopic (exact) mass is 735 g/mol. The maximum atomic E-state index is 14.1. The fourth-order valence-corrected chi connectivity index (χ4v) is 7.51. The molecule has 5 rings (SSSR count). The Kier molecular flexibility index (Phi) is 12.7. The smallest absolute Gasteiger partial charge is 0.308 e. The lowest BCUT2D eigenvalue weighted by atomic mass is 9.98. The van der Waals surface area contributed by atoms with Crippen LogP contribution < -0.4 is 25.9 Å². The highest BCUT2D eigenvalue weighted by molar-refractivity contribution is 7.89. The summed E-state index contributed by atoms with van der Waals surface area (Å²) in [6, 6.07) is 14.7. The first-order chi connectivity index (χ1) is 24.9. The Morgan fingerprint density at radius 2 is 1.81 bits per heavy atom. The standard InChI is InChI=1S/C36H45N7O8S/c1-24(44)51-33-13-8-25(17-32(33)45)18-34(46)38-14-16-43(29-10-11-29)36(48)31(20-35(47)39-21-26-5-4-15-42(22-26)23-40-37)41-52(49,50)30-12-9-27-6-2-3-7-28(27)19-30/h2-3,6-9,12-13,17,19,23,26,29,31,41,45H,4-5,10-11,14-16,18,20-22,37H2,1H3,(H,38,46)(H,39,47)/t26-,31-/m0/s1. The van der Waals surface area contributed by atoms with Crippen LogP contribution in [0.5, 0.6) is 11.5 Å². The largest absolute Gasteiger partial charge is 0.504 e. The Hall–Kier alpha value is -5.22. The Bertz CT molecular complexity index is 1920. The van der Waals surface area contributed by atoms with Gasteiger partial charge in [0.1, 0.15) is 12.4 Å². The summed E-state index contributed by atoms with van der Waals surface area (Å²) in [4.78, 5) is 54.9. The molecule has 15 nitrogen and oxygen atoms in total. The van der Waals surface area contributed by atoms with E-state index >= 15 is 0 Å². The number of aromatic hydroxyl groups is 1. The quantitative estimate of drug-likeness (QED) is 0.0358. The molecule has 1 heterocycles. The normalized spacial score (nSPS) is 16.7. The van der Waals surface area contributed by atoms with Gasteiger partial charge in [0, 0.05) is 45.7 Å². The molecule has 3 amide bonds. The molecule has 1 saturated carbocycles. The second-order valence-corrected chi connectivity index (χ2v) is 14.9. The molecule has 52 heavy (non-hydrogen) atoms. The highest BCUT2D eigenvalue weighted by atomic mass is 32.2. The predicted octanol–water partition coefficient (Wildman–Crippen LogP) is 1.59. The second-order valence-electron chi connectivity index (χ2n) is 13.1. The molecule has 0 aromatic heterocycles. The number of sulfonamides is 1. The summed E-state index contributed by atoms with van der Waals surface area (Å²) in [7, 11) is -4.24. The van der Waals surface area contributed by atoms with Gasteiger partial charge in [0.25, 0.3) is 0 Å². The molecule has 2 atom stereocenters. The number of fused-ring (bicyclic) bond motifs is 1. The van der Waals surface area contributed by atoms with Gasteiger partial charge in [-0.1, -0.05) is 36.4 Å². The van der Waals surface area contributed by atoms with Crippen LogP contribution in [0.25, 0.3) is 10.8 Å². The van der Waals surface area contributed by atoms with Crippen molar-refractivity contribution in [1.82, 2.24) is 25.2 Å². The van der Waals surface area contributed by atoms with Crippen LogP contribution in [0.4, 0.5) is 0 Å². The zero-order valence-electron chi connectivity index (χ0n) is 29.0. The van der Waals surface area contributed by atoms with Crippen molar-refractivity contribution in [3.8, 4) is 11.5 Å². The van der Waals surface area contributed by atoms with Crippen LogP contribution in [0.1, 0.15) is 44.6 Å². The van der Waals surface area contributed by atoms with E-state index in [1.54, 1.807) is 30.6 Å². The molecular formula is C36H45N7O8S. The number of hydrogen-bond acceptors (Lipinski definition) is 10. The Labute approximate surface area is 302 Å². The van der Waals surface area contributed by atoms with E-state index in [1.165, 1.54) is 36.1 Å². The number of hydrogen-bond donors (Lipinski definition) is 5. The van der Waals surface area contributed by atoms with Crippen molar-refractivity contribution in [2.24, 2.45) is 16.9 Å². The maximum Gasteiger partial charge on any atom is 0.308 e. The van der Waals surface area contributed by atoms with E-state index in [2.05, 4.69) is 20.5 Å². The van der Waals surface area contributed by atoms with Gasteiger partial charge >= 0.3 is 5.97 Å². The average molecular weight is 736 g/mol. The number of phenols is 1. The number of benzene rings is 3. The van der Waals surface area contributed by atoms with Crippen LogP contribution >= 0.6 is 0 Å². The summed E-state index contributed by atoms with van der Waals surface area (Å²) in [6.45, 7) is 3.17. The highest BCUT2D eigenvalue weighted by Crippen LogP contribution is 2.29. The average Bonchev–Trinajstić information content (AvgIpc) is 3.95. The molecule has 1 aliphatic carbocycles. The van der Waals surface area contributed by atoms with Crippen LogP contribution in [0.2, 0.25) is 0 Å². The predicted molar refractivity (Wildman–Crippen MR) is 194 cm³/mol. The summed E-state index contributed by atoms with van der Waals surface area (Å²) in [5.74, 6) is 3.11. The van der Waals surface area contributed by atoms with Crippen LogP contribution in [-0.2, 0) is 35.6 Å². The number of piperidine rings is 1. The minimum atomic E-state index is -4.24. The van der Waals surface area contributed by atoms with Gasteiger partial charge in [0.2, 0.25) is 27.7 Å². The van der Waals surface area contributed by atoms with E-state index in [4.69, 9.17) is 10.6 Å². The molecule has 16 heteroatoms. The van der Waals surface area contributed by atoms with E-state index < -0.39 is 40.3 Å². The number of carbonyl (C=O) groups is 4. The molecule has 0 spiro atoms. The summed E-state index contributed by atoms with van der Waals surface area (Å²) < 4.78 is 34.9. The number of hydrazone groups is 1. The van der Waals surface area contributed by atoms with Gasteiger partial charge in [-0.2, -0.15) is 9.82 Å². The number of nitrogens with zero attached hydrogens (tertiary/aromatic N) is 3. The second kappa shape index (κ2) is 17.3. The molecule has 2 fully saturated rings. The number of phenolic OH excluding ortho intramolecular Hbond substituents is 1. The van der Waals surface area contributed by atoms with Crippen molar-refractivity contribution >= 4 is 50.8 Å². The third-order valence-corrected chi connectivity index (χ3v) is 10.4. The Balaban J connectivity index is 1.26. The van der Waals surface area contributed by atoms with Crippen molar-refractivity contribution in [3.63, 3.8) is 0 Å². The lowest BCUT2D eigenvalue weighted by Crippen LogP contribution is -2.52. The van der Waals surface area contributed by atoms with Crippen molar-refractivity contribution in [3.05, 3.63) is 66.2 Å². The van der Waals surface area contributed by atoms with E-state index in [0.717, 1.165) is 24.8 Å². The number of nitrogens with two attached hydrogens (primary N) is 1. The van der Waals surface area contributed by atoms with Gasteiger partial charge < -0.3 is 36.1 Å². The number of ether oxygens (including phenoxy) is 1. The molecule has 6 N–H and O–H groups in total. The Morgan fingerprint density at radius 3 is 2.52 bits per heavy atom. The number of rotatable bonds is 16.